The highest BCUT2D eigenvalue weighted by molar-refractivity contribution is 5.88. The molecule has 0 saturated carbocycles. The number of carbonyl (C=O) groups excluding carboxylic acids is 1. The maximum Gasteiger partial charge on any atom is 0.416 e. The lowest BCUT2D eigenvalue weighted by Gasteiger charge is -2.36. The van der Waals surface area contributed by atoms with Crippen LogP contribution in [-0.2, 0) is 16.4 Å². The maximum atomic E-state index is 13.1. The van der Waals surface area contributed by atoms with Crippen molar-refractivity contribution in [3.8, 4) is 11.1 Å². The van der Waals surface area contributed by atoms with Crippen LogP contribution in [0.2, 0.25) is 0 Å². The lowest BCUT2D eigenvalue weighted by Crippen LogP contribution is -2.45. The van der Waals surface area contributed by atoms with Gasteiger partial charge in [-0.05, 0) is 42.7 Å². The number of hydrogen-bond donors (Lipinski definition) is 1. The first kappa shape index (κ1) is 24.4. The van der Waals surface area contributed by atoms with Gasteiger partial charge in [-0.25, -0.2) is 9.50 Å². The molecule has 0 bridgehead atoms. The van der Waals surface area contributed by atoms with Crippen molar-refractivity contribution in [3.05, 3.63) is 89.9 Å². The highest BCUT2D eigenvalue weighted by atomic mass is 19.4. The zero-order valence-corrected chi connectivity index (χ0v) is 19.6. The largest absolute Gasteiger partial charge is 0.416 e. The van der Waals surface area contributed by atoms with Crippen LogP contribution in [0.5, 0.6) is 0 Å². The first-order valence-corrected chi connectivity index (χ1v) is 11.5. The second kappa shape index (κ2) is 9.52. The molecule has 0 radical (unpaired) electrons. The topological polar surface area (TPSA) is 73.3 Å². The Morgan fingerprint density at radius 2 is 1.74 bits per heavy atom. The number of rotatable bonds is 8. The van der Waals surface area contributed by atoms with Gasteiger partial charge in [0.05, 0.1) is 22.9 Å². The molecule has 2 aromatic carbocycles. The summed E-state index contributed by atoms with van der Waals surface area (Å²) in [7, 11) is 0. The van der Waals surface area contributed by atoms with Crippen LogP contribution in [0, 0.1) is 0 Å². The average Bonchev–Trinajstić information content (AvgIpc) is 3.28. The lowest BCUT2D eigenvalue weighted by molar-refractivity contribution is -0.137. The SMILES string of the molecule is CCCCC(c1ccccc1)C(C)(C(N)=O)c1ccnc2c(-c3ccc(C(F)(F)F)cc3)cnn12. The molecule has 8 heteroatoms. The minimum Gasteiger partial charge on any atom is -0.369 e. The predicted molar refractivity (Wildman–Crippen MR) is 129 cm³/mol. The molecule has 4 rings (SSSR count). The third kappa shape index (κ3) is 4.52. The fraction of sp³-hybridized carbons (Fsp3) is 0.296. The Labute approximate surface area is 201 Å². The summed E-state index contributed by atoms with van der Waals surface area (Å²) in [5.41, 5.74) is 7.37. The summed E-state index contributed by atoms with van der Waals surface area (Å²) < 4.78 is 40.6. The molecule has 5 nitrogen and oxygen atoms in total. The zero-order chi connectivity index (χ0) is 25.2. The van der Waals surface area contributed by atoms with E-state index in [1.54, 1.807) is 23.0 Å². The van der Waals surface area contributed by atoms with Gasteiger partial charge in [-0.2, -0.15) is 18.3 Å². The zero-order valence-electron chi connectivity index (χ0n) is 19.6. The fourth-order valence-corrected chi connectivity index (χ4v) is 4.69. The maximum absolute atomic E-state index is 13.1. The van der Waals surface area contributed by atoms with Gasteiger partial charge in [-0.15, -0.1) is 0 Å². The molecule has 2 atom stereocenters. The number of unbranched alkanes of at least 4 members (excludes halogenated alkanes) is 1. The van der Waals surface area contributed by atoms with Gasteiger partial charge in [0, 0.05) is 17.7 Å². The van der Waals surface area contributed by atoms with Crippen molar-refractivity contribution in [2.45, 2.75) is 50.6 Å². The number of amides is 1. The van der Waals surface area contributed by atoms with E-state index < -0.39 is 23.1 Å². The highest BCUT2D eigenvalue weighted by Gasteiger charge is 2.44. The summed E-state index contributed by atoms with van der Waals surface area (Å²) in [6.07, 6.45) is 1.34. The minimum absolute atomic E-state index is 0.203. The van der Waals surface area contributed by atoms with Crippen LogP contribution in [0.25, 0.3) is 16.8 Å². The monoisotopic (exact) mass is 480 g/mol. The molecule has 0 aliphatic carbocycles. The van der Waals surface area contributed by atoms with Gasteiger partial charge >= 0.3 is 6.18 Å². The number of nitrogens with zero attached hydrogens (tertiary/aromatic N) is 3. The van der Waals surface area contributed by atoms with Gasteiger partial charge in [-0.1, -0.05) is 62.2 Å². The Morgan fingerprint density at radius 3 is 2.34 bits per heavy atom. The van der Waals surface area contributed by atoms with Crippen LogP contribution >= 0.6 is 0 Å². The van der Waals surface area contributed by atoms with Gasteiger partial charge in [0.25, 0.3) is 0 Å². The number of primary amides is 1. The number of fused-ring (bicyclic) bond motifs is 1. The molecule has 0 aliphatic heterocycles. The summed E-state index contributed by atoms with van der Waals surface area (Å²) in [5.74, 6) is -0.688. The van der Waals surface area contributed by atoms with Crippen LogP contribution in [-0.4, -0.2) is 20.5 Å². The second-order valence-electron chi connectivity index (χ2n) is 8.87. The fourth-order valence-electron chi connectivity index (χ4n) is 4.69. The van der Waals surface area contributed by atoms with Crippen molar-refractivity contribution in [1.82, 2.24) is 14.6 Å². The van der Waals surface area contributed by atoms with Gasteiger partial charge in [0.2, 0.25) is 5.91 Å². The van der Waals surface area contributed by atoms with E-state index in [0.717, 1.165) is 37.0 Å². The lowest BCUT2D eigenvalue weighted by atomic mass is 9.68. The van der Waals surface area contributed by atoms with Crippen LogP contribution in [0.4, 0.5) is 13.2 Å². The molecule has 0 aliphatic rings. The first-order valence-electron chi connectivity index (χ1n) is 11.5. The Kier molecular flexibility index (Phi) is 6.65. The summed E-state index contributed by atoms with van der Waals surface area (Å²) in [6.45, 7) is 3.93. The van der Waals surface area contributed by atoms with Crippen molar-refractivity contribution in [2.24, 2.45) is 5.73 Å². The number of aromatic nitrogens is 3. The molecule has 0 saturated heterocycles. The summed E-state index contributed by atoms with van der Waals surface area (Å²) in [6, 6.07) is 16.4. The summed E-state index contributed by atoms with van der Waals surface area (Å²) in [4.78, 5) is 17.5. The van der Waals surface area contributed by atoms with E-state index in [9.17, 15) is 18.0 Å². The Morgan fingerprint density at radius 1 is 1.06 bits per heavy atom. The predicted octanol–water partition coefficient (Wildman–Crippen LogP) is 6.13. The molecule has 0 fully saturated rings. The molecular formula is C27H27F3N4O. The third-order valence-electron chi connectivity index (χ3n) is 6.71. The van der Waals surface area contributed by atoms with Crippen molar-refractivity contribution in [3.63, 3.8) is 0 Å². The van der Waals surface area contributed by atoms with E-state index in [4.69, 9.17) is 5.73 Å². The molecule has 4 aromatic rings. The van der Waals surface area contributed by atoms with E-state index in [2.05, 4.69) is 17.0 Å². The summed E-state index contributed by atoms with van der Waals surface area (Å²) >= 11 is 0. The summed E-state index contributed by atoms with van der Waals surface area (Å²) in [5, 5.41) is 4.50. The number of carbonyl (C=O) groups is 1. The van der Waals surface area contributed by atoms with Crippen molar-refractivity contribution in [1.29, 1.82) is 0 Å². The molecular weight excluding hydrogens is 453 g/mol. The number of hydrogen-bond acceptors (Lipinski definition) is 3. The molecule has 2 N–H and O–H groups in total. The van der Waals surface area contributed by atoms with Gasteiger partial charge < -0.3 is 5.73 Å². The molecule has 2 heterocycles. The molecule has 0 spiro atoms. The normalized spacial score (nSPS) is 14.5. The third-order valence-corrected chi connectivity index (χ3v) is 6.71. The van der Waals surface area contributed by atoms with E-state index in [-0.39, 0.29) is 5.92 Å². The molecule has 2 aromatic heterocycles. The number of nitrogens with two attached hydrogens (primary N) is 1. The van der Waals surface area contributed by atoms with E-state index in [0.29, 0.717) is 22.5 Å². The Balaban J connectivity index is 1.86. The Bertz CT molecular complexity index is 1320. The van der Waals surface area contributed by atoms with Crippen LogP contribution in [0.1, 0.15) is 55.8 Å². The highest BCUT2D eigenvalue weighted by Crippen LogP contribution is 2.42. The van der Waals surface area contributed by atoms with Gasteiger partial charge in [-0.3, -0.25) is 4.79 Å². The van der Waals surface area contributed by atoms with E-state index >= 15 is 0 Å². The van der Waals surface area contributed by atoms with Crippen molar-refractivity contribution >= 4 is 11.6 Å². The Hall–Kier alpha value is -3.68. The molecule has 2 unspecified atom stereocenters. The van der Waals surface area contributed by atoms with Gasteiger partial charge in [0.1, 0.15) is 0 Å². The number of alkyl halides is 3. The smallest absolute Gasteiger partial charge is 0.369 e. The van der Waals surface area contributed by atoms with Crippen molar-refractivity contribution in [2.75, 3.05) is 0 Å². The molecule has 35 heavy (non-hydrogen) atoms. The molecule has 1 amide bonds. The van der Waals surface area contributed by atoms with Gasteiger partial charge in [0.15, 0.2) is 5.65 Å². The van der Waals surface area contributed by atoms with E-state index in [1.807, 2.05) is 37.3 Å². The van der Waals surface area contributed by atoms with Crippen LogP contribution in [0.3, 0.4) is 0 Å². The number of halogens is 3. The quantitative estimate of drug-likeness (QED) is 0.330. The van der Waals surface area contributed by atoms with Crippen LogP contribution < -0.4 is 5.73 Å². The minimum atomic E-state index is -4.42. The number of benzene rings is 2. The second-order valence-corrected chi connectivity index (χ2v) is 8.87. The molecule has 182 valence electrons. The van der Waals surface area contributed by atoms with E-state index in [1.165, 1.54) is 12.1 Å². The first-order chi connectivity index (χ1) is 16.7. The van der Waals surface area contributed by atoms with Crippen molar-refractivity contribution < 1.29 is 18.0 Å². The standard InChI is InChI=1S/C27H27F3N4O/c1-3-4-10-22(19-8-6-5-7-9-19)26(2,25(31)35)23-15-16-32-24-21(17-33-34(23)24)18-11-13-20(14-12-18)27(28,29)30/h5-9,11-17,22H,3-4,10H2,1-2H3,(H2,31,35). The van der Waals surface area contributed by atoms with Crippen LogP contribution in [0.15, 0.2) is 73.1 Å². The average molecular weight is 481 g/mol.